The van der Waals surface area contributed by atoms with Crippen LogP contribution in [-0.2, 0) is 0 Å². The third-order valence-electron chi connectivity index (χ3n) is 4.70. The molecule has 0 N–H and O–H groups in total. The first-order valence-corrected chi connectivity index (χ1v) is 8.21. The van der Waals surface area contributed by atoms with Crippen molar-refractivity contribution in [3.05, 3.63) is 65.8 Å². The van der Waals surface area contributed by atoms with Crippen LogP contribution in [0, 0.1) is 13.8 Å². The van der Waals surface area contributed by atoms with E-state index < -0.39 is 0 Å². The molecule has 0 saturated heterocycles. The highest BCUT2D eigenvalue weighted by molar-refractivity contribution is 6.05. The van der Waals surface area contributed by atoms with Crippen molar-refractivity contribution in [1.29, 1.82) is 0 Å². The standard InChI is InChI=1S/C21H20N2O/c1-5-13(2)21-14(3)23(15(4)22-21)16-10-11-20-18(12-16)17-8-6-7-9-19(17)24-20/h5-12H,1-4H3/b13-5+. The van der Waals surface area contributed by atoms with Gasteiger partial charge < -0.3 is 8.98 Å². The lowest BCUT2D eigenvalue weighted by atomic mass is 10.1. The van der Waals surface area contributed by atoms with Crippen molar-refractivity contribution in [2.45, 2.75) is 27.7 Å². The van der Waals surface area contributed by atoms with E-state index in [1.165, 1.54) is 5.57 Å². The van der Waals surface area contributed by atoms with Crippen molar-refractivity contribution < 1.29 is 4.42 Å². The smallest absolute Gasteiger partial charge is 0.135 e. The van der Waals surface area contributed by atoms with Gasteiger partial charge in [-0.15, -0.1) is 0 Å². The van der Waals surface area contributed by atoms with E-state index in [1.54, 1.807) is 0 Å². The molecule has 120 valence electrons. The maximum atomic E-state index is 5.93. The zero-order valence-corrected chi connectivity index (χ0v) is 14.4. The van der Waals surface area contributed by atoms with Crippen molar-refractivity contribution in [3.8, 4) is 5.69 Å². The van der Waals surface area contributed by atoms with Crippen LogP contribution in [0.5, 0.6) is 0 Å². The van der Waals surface area contributed by atoms with Gasteiger partial charge in [0.25, 0.3) is 0 Å². The number of hydrogen-bond acceptors (Lipinski definition) is 2. The van der Waals surface area contributed by atoms with Gasteiger partial charge in [-0.05, 0) is 57.5 Å². The second-order valence-corrected chi connectivity index (χ2v) is 6.18. The van der Waals surface area contributed by atoms with Crippen LogP contribution in [0.1, 0.15) is 31.1 Å². The molecule has 0 atom stereocenters. The SMILES string of the molecule is C/C=C(\C)c1nc(C)n(-c2ccc3oc4ccccc4c3c2)c1C. The summed E-state index contributed by atoms with van der Waals surface area (Å²) < 4.78 is 8.14. The van der Waals surface area contributed by atoms with Crippen molar-refractivity contribution >= 4 is 27.5 Å². The first-order chi connectivity index (χ1) is 11.6. The van der Waals surface area contributed by atoms with Crippen LogP contribution >= 0.6 is 0 Å². The lowest BCUT2D eigenvalue weighted by molar-refractivity contribution is 0.669. The zero-order chi connectivity index (χ0) is 16.8. The molecule has 4 rings (SSSR count). The van der Waals surface area contributed by atoms with Crippen molar-refractivity contribution in [2.75, 3.05) is 0 Å². The number of aryl methyl sites for hydroxylation is 1. The number of allylic oxidation sites excluding steroid dienone is 2. The molecule has 0 bridgehead atoms. The molecule has 24 heavy (non-hydrogen) atoms. The summed E-state index contributed by atoms with van der Waals surface area (Å²) in [6, 6.07) is 14.5. The molecule has 0 aliphatic carbocycles. The molecular formula is C21H20N2O. The molecule has 0 amide bonds. The molecule has 2 heterocycles. The third-order valence-corrected chi connectivity index (χ3v) is 4.70. The van der Waals surface area contributed by atoms with Gasteiger partial charge in [-0.1, -0.05) is 24.3 Å². The zero-order valence-electron chi connectivity index (χ0n) is 14.4. The van der Waals surface area contributed by atoms with Crippen LogP contribution in [0.15, 0.2) is 53.0 Å². The highest BCUT2D eigenvalue weighted by atomic mass is 16.3. The van der Waals surface area contributed by atoms with Crippen LogP contribution in [0.25, 0.3) is 33.2 Å². The highest BCUT2D eigenvalue weighted by Crippen LogP contribution is 2.31. The highest BCUT2D eigenvalue weighted by Gasteiger charge is 2.15. The van der Waals surface area contributed by atoms with Gasteiger partial charge in [0.15, 0.2) is 0 Å². The van der Waals surface area contributed by atoms with E-state index in [1.807, 2.05) is 31.2 Å². The number of hydrogen-bond donors (Lipinski definition) is 0. The first kappa shape index (κ1) is 14.8. The Labute approximate surface area is 141 Å². The summed E-state index contributed by atoms with van der Waals surface area (Å²) in [7, 11) is 0. The number of fused-ring (bicyclic) bond motifs is 3. The van der Waals surface area contributed by atoms with Crippen molar-refractivity contribution in [3.63, 3.8) is 0 Å². The fourth-order valence-corrected chi connectivity index (χ4v) is 3.39. The molecule has 0 fully saturated rings. The Kier molecular flexibility index (Phi) is 3.31. The number of aromatic nitrogens is 2. The van der Waals surface area contributed by atoms with Crippen LogP contribution in [0.2, 0.25) is 0 Å². The molecule has 0 saturated carbocycles. The third kappa shape index (κ3) is 2.08. The van der Waals surface area contributed by atoms with E-state index in [2.05, 4.69) is 49.6 Å². The molecule has 0 unspecified atom stereocenters. The fraction of sp³-hybridized carbons (Fsp3) is 0.190. The van der Waals surface area contributed by atoms with Crippen molar-refractivity contribution in [1.82, 2.24) is 9.55 Å². The lowest BCUT2D eigenvalue weighted by Crippen LogP contribution is -1.99. The maximum Gasteiger partial charge on any atom is 0.135 e. The molecule has 0 aliphatic heterocycles. The number of rotatable bonds is 2. The minimum atomic E-state index is 0.917. The Bertz CT molecular complexity index is 1100. The Hall–Kier alpha value is -2.81. The predicted molar refractivity (Wildman–Crippen MR) is 99.6 cm³/mol. The number of imidazole rings is 1. The summed E-state index contributed by atoms with van der Waals surface area (Å²) >= 11 is 0. The van der Waals surface area contributed by atoms with Gasteiger partial charge in [-0.2, -0.15) is 0 Å². The summed E-state index contributed by atoms with van der Waals surface area (Å²) in [5.41, 5.74) is 6.38. The van der Waals surface area contributed by atoms with Crippen LogP contribution in [-0.4, -0.2) is 9.55 Å². The van der Waals surface area contributed by atoms with E-state index >= 15 is 0 Å². The Morgan fingerprint density at radius 1 is 1.04 bits per heavy atom. The van der Waals surface area contributed by atoms with E-state index in [0.29, 0.717) is 0 Å². The first-order valence-electron chi connectivity index (χ1n) is 8.21. The Morgan fingerprint density at radius 3 is 2.58 bits per heavy atom. The van der Waals surface area contributed by atoms with Gasteiger partial charge in [0.1, 0.15) is 17.0 Å². The molecule has 0 radical (unpaired) electrons. The van der Waals surface area contributed by atoms with E-state index in [0.717, 1.165) is 44.8 Å². The molecule has 3 nitrogen and oxygen atoms in total. The molecule has 0 spiro atoms. The molecule has 4 aromatic rings. The molecule has 2 aromatic heterocycles. The topological polar surface area (TPSA) is 31.0 Å². The summed E-state index contributed by atoms with van der Waals surface area (Å²) in [6.07, 6.45) is 2.10. The second-order valence-electron chi connectivity index (χ2n) is 6.18. The summed E-state index contributed by atoms with van der Waals surface area (Å²) in [5, 5.41) is 2.29. The number of benzene rings is 2. The number of furan rings is 1. The molecule has 2 aromatic carbocycles. The fourth-order valence-electron chi connectivity index (χ4n) is 3.39. The van der Waals surface area contributed by atoms with E-state index in [4.69, 9.17) is 9.40 Å². The van der Waals surface area contributed by atoms with Crippen LogP contribution < -0.4 is 0 Å². The van der Waals surface area contributed by atoms with Gasteiger partial charge in [-0.3, -0.25) is 0 Å². The molecule has 0 aliphatic rings. The average molecular weight is 316 g/mol. The summed E-state index contributed by atoms with van der Waals surface area (Å²) in [4.78, 5) is 4.76. The largest absolute Gasteiger partial charge is 0.456 e. The normalized spacial score (nSPS) is 12.4. The van der Waals surface area contributed by atoms with Gasteiger partial charge in [-0.25, -0.2) is 4.98 Å². The summed E-state index contributed by atoms with van der Waals surface area (Å²) in [6.45, 7) is 8.33. The van der Waals surface area contributed by atoms with Crippen LogP contribution in [0.4, 0.5) is 0 Å². The monoisotopic (exact) mass is 316 g/mol. The average Bonchev–Trinajstić information content (AvgIpc) is 3.11. The predicted octanol–water partition coefficient (Wildman–Crippen LogP) is 5.81. The van der Waals surface area contributed by atoms with E-state index in [9.17, 15) is 0 Å². The quantitative estimate of drug-likeness (QED) is 0.467. The van der Waals surface area contributed by atoms with Gasteiger partial charge in [0, 0.05) is 22.2 Å². The maximum absolute atomic E-state index is 5.93. The minimum Gasteiger partial charge on any atom is -0.456 e. The van der Waals surface area contributed by atoms with Crippen molar-refractivity contribution in [2.24, 2.45) is 0 Å². The minimum absolute atomic E-state index is 0.917. The second kappa shape index (κ2) is 5.38. The summed E-state index contributed by atoms with van der Waals surface area (Å²) in [5.74, 6) is 0.996. The van der Waals surface area contributed by atoms with Gasteiger partial charge >= 0.3 is 0 Å². The van der Waals surface area contributed by atoms with Crippen LogP contribution in [0.3, 0.4) is 0 Å². The Morgan fingerprint density at radius 2 is 1.79 bits per heavy atom. The van der Waals surface area contributed by atoms with Gasteiger partial charge in [0.2, 0.25) is 0 Å². The molecule has 3 heteroatoms. The Balaban J connectivity index is 1.97. The molecular weight excluding hydrogens is 296 g/mol. The lowest BCUT2D eigenvalue weighted by Gasteiger charge is -2.08. The number of para-hydroxylation sites is 1. The number of nitrogens with zero attached hydrogens (tertiary/aromatic N) is 2. The van der Waals surface area contributed by atoms with E-state index in [-0.39, 0.29) is 0 Å². The van der Waals surface area contributed by atoms with Gasteiger partial charge in [0.05, 0.1) is 5.69 Å².